The van der Waals surface area contributed by atoms with Gasteiger partial charge in [-0.25, -0.2) is 4.79 Å². The van der Waals surface area contributed by atoms with Crippen molar-refractivity contribution in [2.45, 2.75) is 52.1 Å². The highest BCUT2D eigenvalue weighted by atomic mass is 16.2. The Morgan fingerprint density at radius 2 is 1.31 bits per heavy atom. The molecule has 0 unspecified atom stereocenters. The predicted octanol–water partition coefficient (Wildman–Crippen LogP) is 6.59. The summed E-state index contributed by atoms with van der Waals surface area (Å²) < 4.78 is 0. The minimum Gasteiger partial charge on any atom is -0.336 e. The van der Waals surface area contributed by atoms with E-state index in [0.29, 0.717) is 18.4 Å². The summed E-state index contributed by atoms with van der Waals surface area (Å²) in [4.78, 5) is 12.9. The van der Waals surface area contributed by atoms with E-state index in [-0.39, 0.29) is 12.1 Å². The third-order valence-corrected chi connectivity index (χ3v) is 5.68. The van der Waals surface area contributed by atoms with E-state index in [1.807, 2.05) is 36.4 Å². The second-order valence-corrected chi connectivity index (χ2v) is 8.79. The summed E-state index contributed by atoms with van der Waals surface area (Å²) in [6.07, 6.45) is 0. The molecule has 0 aliphatic carbocycles. The number of nitrogens with one attached hydrogen (secondary N) is 3. The molecule has 4 nitrogen and oxygen atoms in total. The van der Waals surface area contributed by atoms with Crippen LogP contribution in [-0.4, -0.2) is 12.6 Å². The van der Waals surface area contributed by atoms with Gasteiger partial charge in [0.2, 0.25) is 0 Å². The van der Waals surface area contributed by atoms with Gasteiger partial charge in [0.25, 0.3) is 0 Å². The molecular formula is C28H35N3O. The lowest BCUT2D eigenvalue weighted by Crippen LogP contribution is -2.37. The van der Waals surface area contributed by atoms with Crippen molar-refractivity contribution in [2.24, 2.45) is 0 Å². The lowest BCUT2D eigenvalue weighted by Gasteiger charge is -2.22. The molecule has 0 saturated heterocycles. The van der Waals surface area contributed by atoms with E-state index in [2.05, 4.69) is 86.1 Å². The fraction of sp³-hybridized carbons (Fsp3) is 0.321. The maximum absolute atomic E-state index is 12.9. The SMILES string of the molecule is CC(C)c1cccc(C(C)C)c1NC(=O)NC[C@@H](NCc1ccccc1)c1ccccc1. The lowest BCUT2D eigenvalue weighted by molar-refractivity contribution is 0.250. The van der Waals surface area contributed by atoms with Gasteiger partial charge >= 0.3 is 6.03 Å². The standard InChI is InChI=1S/C28H35N3O/c1-20(2)24-16-11-17-25(21(3)4)27(24)31-28(32)30-19-26(23-14-9-6-10-15-23)29-18-22-12-7-5-8-13-22/h5-17,20-21,26,29H,18-19H2,1-4H3,(H2,30,31,32)/t26-/m1/s1. The quantitative estimate of drug-likeness (QED) is 0.359. The average molecular weight is 430 g/mol. The van der Waals surface area contributed by atoms with E-state index in [0.717, 1.165) is 28.9 Å². The van der Waals surface area contributed by atoms with Gasteiger partial charge in [0.1, 0.15) is 0 Å². The molecule has 0 bridgehead atoms. The molecule has 1 atom stereocenters. The molecule has 3 N–H and O–H groups in total. The van der Waals surface area contributed by atoms with Gasteiger partial charge in [0.05, 0.1) is 0 Å². The van der Waals surface area contributed by atoms with E-state index >= 15 is 0 Å². The van der Waals surface area contributed by atoms with Crippen LogP contribution in [0.2, 0.25) is 0 Å². The van der Waals surface area contributed by atoms with Crippen LogP contribution < -0.4 is 16.0 Å². The van der Waals surface area contributed by atoms with Crippen LogP contribution in [0.1, 0.15) is 67.8 Å². The summed E-state index contributed by atoms with van der Waals surface area (Å²) in [5.74, 6) is 0.655. The second-order valence-electron chi connectivity index (χ2n) is 8.79. The number of carbonyl (C=O) groups is 1. The zero-order chi connectivity index (χ0) is 22.9. The highest BCUT2D eigenvalue weighted by Crippen LogP contribution is 2.32. The Morgan fingerprint density at radius 1 is 0.750 bits per heavy atom. The first-order valence-electron chi connectivity index (χ1n) is 11.5. The third kappa shape index (κ3) is 6.44. The smallest absolute Gasteiger partial charge is 0.319 e. The van der Waals surface area contributed by atoms with Crippen LogP contribution in [0.5, 0.6) is 0 Å². The summed E-state index contributed by atoms with van der Waals surface area (Å²) in [5.41, 5.74) is 5.62. The van der Waals surface area contributed by atoms with Gasteiger partial charge in [-0.05, 0) is 34.1 Å². The molecule has 0 saturated carbocycles. The van der Waals surface area contributed by atoms with Crippen molar-refractivity contribution in [3.05, 3.63) is 101 Å². The topological polar surface area (TPSA) is 53.2 Å². The van der Waals surface area contributed by atoms with E-state index in [4.69, 9.17) is 0 Å². The molecule has 2 amide bonds. The van der Waals surface area contributed by atoms with Crippen molar-refractivity contribution >= 4 is 11.7 Å². The second kappa shape index (κ2) is 11.5. The van der Waals surface area contributed by atoms with Crippen molar-refractivity contribution < 1.29 is 4.79 Å². The fourth-order valence-corrected chi connectivity index (χ4v) is 3.88. The monoisotopic (exact) mass is 429 g/mol. The Hall–Kier alpha value is -3.11. The summed E-state index contributed by atoms with van der Waals surface area (Å²) in [6.45, 7) is 9.84. The zero-order valence-electron chi connectivity index (χ0n) is 19.6. The normalized spacial score (nSPS) is 12.1. The number of benzene rings is 3. The Bertz CT molecular complexity index is 958. The van der Waals surface area contributed by atoms with E-state index in [1.165, 1.54) is 5.56 Å². The molecule has 3 aromatic carbocycles. The van der Waals surface area contributed by atoms with Gasteiger partial charge < -0.3 is 16.0 Å². The molecule has 0 aliphatic heterocycles. The van der Waals surface area contributed by atoms with Gasteiger partial charge in [0, 0.05) is 24.8 Å². The number of anilines is 1. The minimum absolute atomic E-state index is 0.00654. The van der Waals surface area contributed by atoms with Crippen LogP contribution in [0.4, 0.5) is 10.5 Å². The molecule has 0 fully saturated rings. The number of urea groups is 1. The third-order valence-electron chi connectivity index (χ3n) is 5.68. The van der Waals surface area contributed by atoms with Crippen LogP contribution >= 0.6 is 0 Å². The fourth-order valence-electron chi connectivity index (χ4n) is 3.88. The number of carbonyl (C=O) groups excluding carboxylic acids is 1. The summed E-state index contributed by atoms with van der Waals surface area (Å²) in [6, 6.07) is 26.6. The first kappa shape index (κ1) is 23.6. The largest absolute Gasteiger partial charge is 0.336 e. The van der Waals surface area contributed by atoms with Gasteiger partial charge in [-0.2, -0.15) is 0 Å². The first-order chi connectivity index (χ1) is 15.5. The minimum atomic E-state index is -0.178. The van der Waals surface area contributed by atoms with Crippen LogP contribution in [0.25, 0.3) is 0 Å². The predicted molar refractivity (Wildman–Crippen MR) is 134 cm³/mol. The first-order valence-corrected chi connectivity index (χ1v) is 11.5. The molecule has 0 heterocycles. The Kier molecular flexibility index (Phi) is 8.46. The average Bonchev–Trinajstić information content (AvgIpc) is 2.80. The van der Waals surface area contributed by atoms with Gasteiger partial charge in [0.15, 0.2) is 0 Å². The lowest BCUT2D eigenvalue weighted by atomic mass is 9.93. The highest BCUT2D eigenvalue weighted by molar-refractivity contribution is 5.91. The molecule has 32 heavy (non-hydrogen) atoms. The molecule has 168 valence electrons. The number of para-hydroxylation sites is 1. The van der Waals surface area contributed by atoms with E-state index in [1.54, 1.807) is 0 Å². The molecule has 0 aliphatic rings. The molecule has 4 heteroatoms. The number of amides is 2. The van der Waals surface area contributed by atoms with Crippen molar-refractivity contribution in [3.8, 4) is 0 Å². The van der Waals surface area contributed by atoms with E-state index < -0.39 is 0 Å². The van der Waals surface area contributed by atoms with Crippen LogP contribution in [0, 0.1) is 0 Å². The van der Waals surface area contributed by atoms with Crippen LogP contribution in [-0.2, 0) is 6.54 Å². The molecule has 0 radical (unpaired) electrons. The van der Waals surface area contributed by atoms with Crippen molar-refractivity contribution in [1.29, 1.82) is 0 Å². The summed E-state index contributed by atoms with van der Waals surface area (Å²) in [7, 11) is 0. The number of hydrogen-bond donors (Lipinski definition) is 3. The van der Waals surface area contributed by atoms with Crippen molar-refractivity contribution in [3.63, 3.8) is 0 Å². The van der Waals surface area contributed by atoms with Gasteiger partial charge in [-0.1, -0.05) is 107 Å². The molecule has 0 aromatic heterocycles. The van der Waals surface area contributed by atoms with Gasteiger partial charge in [-0.3, -0.25) is 0 Å². The summed E-state index contributed by atoms with van der Waals surface area (Å²) >= 11 is 0. The highest BCUT2D eigenvalue weighted by Gasteiger charge is 2.17. The van der Waals surface area contributed by atoms with E-state index in [9.17, 15) is 4.79 Å². The van der Waals surface area contributed by atoms with Crippen molar-refractivity contribution in [2.75, 3.05) is 11.9 Å². The molecule has 0 spiro atoms. The number of rotatable bonds is 9. The Morgan fingerprint density at radius 3 is 1.88 bits per heavy atom. The number of hydrogen-bond acceptors (Lipinski definition) is 2. The maximum atomic E-state index is 12.9. The Balaban J connectivity index is 1.70. The maximum Gasteiger partial charge on any atom is 0.319 e. The molecule has 3 rings (SSSR count). The van der Waals surface area contributed by atoms with Crippen LogP contribution in [0.3, 0.4) is 0 Å². The zero-order valence-corrected chi connectivity index (χ0v) is 19.6. The van der Waals surface area contributed by atoms with Gasteiger partial charge in [-0.15, -0.1) is 0 Å². The van der Waals surface area contributed by atoms with Crippen molar-refractivity contribution in [1.82, 2.24) is 10.6 Å². The molecular weight excluding hydrogens is 394 g/mol. The summed E-state index contributed by atoms with van der Waals surface area (Å²) in [5, 5.41) is 9.82. The molecule has 3 aromatic rings. The van der Waals surface area contributed by atoms with Crippen LogP contribution in [0.15, 0.2) is 78.9 Å². The Labute approximate surface area is 192 Å².